The predicted octanol–water partition coefficient (Wildman–Crippen LogP) is 2.93. The largest absolute Gasteiger partial charge is 0.508 e. The standard InChI is InChI=1S/C16H23NO2/c1-19-14-7-5-12(10-14)17-16-4-2-3-11-9-13(18)6-8-15(11)16/h6,8-9,12,14,16-18H,2-5,7,10H2,1H3. The van der Waals surface area contributed by atoms with Gasteiger partial charge in [-0.15, -0.1) is 0 Å². The van der Waals surface area contributed by atoms with Crippen LogP contribution in [-0.4, -0.2) is 24.4 Å². The minimum atomic E-state index is 0.389. The van der Waals surface area contributed by atoms with E-state index >= 15 is 0 Å². The third kappa shape index (κ3) is 2.77. The number of hydrogen-bond donors (Lipinski definition) is 2. The molecule has 2 aliphatic rings. The van der Waals surface area contributed by atoms with Crippen molar-refractivity contribution in [3.8, 4) is 5.75 Å². The molecule has 1 aromatic carbocycles. The van der Waals surface area contributed by atoms with Gasteiger partial charge in [-0.2, -0.15) is 0 Å². The number of aromatic hydroxyl groups is 1. The second kappa shape index (κ2) is 5.51. The first-order chi connectivity index (χ1) is 9.26. The highest BCUT2D eigenvalue weighted by atomic mass is 16.5. The van der Waals surface area contributed by atoms with Gasteiger partial charge in [0.1, 0.15) is 5.75 Å². The molecule has 0 radical (unpaired) electrons. The molecule has 3 atom stereocenters. The van der Waals surface area contributed by atoms with Crippen LogP contribution in [0.2, 0.25) is 0 Å². The van der Waals surface area contributed by atoms with Crippen molar-refractivity contribution in [3.05, 3.63) is 29.3 Å². The number of ether oxygens (including phenoxy) is 1. The average Bonchev–Trinajstić information content (AvgIpc) is 2.86. The van der Waals surface area contributed by atoms with E-state index < -0.39 is 0 Å². The van der Waals surface area contributed by atoms with Gasteiger partial charge in [-0.1, -0.05) is 6.07 Å². The summed E-state index contributed by atoms with van der Waals surface area (Å²) in [5, 5.41) is 13.4. The number of benzene rings is 1. The van der Waals surface area contributed by atoms with Crippen LogP contribution in [0.1, 0.15) is 49.3 Å². The molecule has 0 aromatic heterocycles. The zero-order chi connectivity index (χ0) is 13.2. The molecule has 0 heterocycles. The maximum Gasteiger partial charge on any atom is 0.115 e. The molecule has 3 unspecified atom stereocenters. The number of rotatable bonds is 3. The Morgan fingerprint density at radius 1 is 1.26 bits per heavy atom. The molecule has 1 fully saturated rings. The SMILES string of the molecule is COC1CCC(NC2CCCc3cc(O)ccc32)C1. The van der Waals surface area contributed by atoms with Crippen molar-refractivity contribution in [3.63, 3.8) is 0 Å². The van der Waals surface area contributed by atoms with Gasteiger partial charge in [0.05, 0.1) is 6.10 Å². The smallest absolute Gasteiger partial charge is 0.115 e. The van der Waals surface area contributed by atoms with Gasteiger partial charge in [-0.25, -0.2) is 0 Å². The summed E-state index contributed by atoms with van der Waals surface area (Å²) in [6.45, 7) is 0. The second-order valence-corrected chi connectivity index (χ2v) is 5.86. The van der Waals surface area contributed by atoms with Gasteiger partial charge < -0.3 is 15.2 Å². The number of fused-ring (bicyclic) bond motifs is 1. The number of methoxy groups -OCH3 is 1. The lowest BCUT2D eigenvalue weighted by molar-refractivity contribution is 0.106. The lowest BCUT2D eigenvalue weighted by Gasteiger charge is -2.29. The first-order valence-corrected chi connectivity index (χ1v) is 7.37. The third-order valence-corrected chi connectivity index (χ3v) is 4.60. The van der Waals surface area contributed by atoms with Crippen LogP contribution in [0, 0.1) is 0 Å². The van der Waals surface area contributed by atoms with Crippen LogP contribution in [0.15, 0.2) is 18.2 Å². The summed E-state index contributed by atoms with van der Waals surface area (Å²) < 4.78 is 5.44. The molecule has 0 aliphatic heterocycles. The fourth-order valence-electron chi connectivity index (χ4n) is 3.56. The minimum Gasteiger partial charge on any atom is -0.508 e. The molecule has 0 saturated heterocycles. The van der Waals surface area contributed by atoms with Crippen LogP contribution < -0.4 is 5.32 Å². The van der Waals surface area contributed by atoms with Gasteiger partial charge in [-0.3, -0.25) is 0 Å². The van der Waals surface area contributed by atoms with E-state index in [1.807, 2.05) is 19.2 Å². The minimum absolute atomic E-state index is 0.389. The Morgan fingerprint density at radius 2 is 2.16 bits per heavy atom. The van der Waals surface area contributed by atoms with Crippen molar-refractivity contribution in [2.75, 3.05) is 7.11 Å². The Kier molecular flexibility index (Phi) is 3.76. The summed E-state index contributed by atoms with van der Waals surface area (Å²) in [5.41, 5.74) is 2.69. The van der Waals surface area contributed by atoms with Crippen molar-refractivity contribution in [2.45, 2.75) is 56.7 Å². The van der Waals surface area contributed by atoms with Crippen LogP contribution in [0.3, 0.4) is 0 Å². The molecule has 104 valence electrons. The molecule has 2 aliphatic carbocycles. The fraction of sp³-hybridized carbons (Fsp3) is 0.625. The molecule has 0 bridgehead atoms. The van der Waals surface area contributed by atoms with E-state index in [1.54, 1.807) is 0 Å². The maximum atomic E-state index is 9.59. The number of phenols is 1. The summed E-state index contributed by atoms with van der Waals surface area (Å²) in [6.07, 6.45) is 7.43. The topological polar surface area (TPSA) is 41.5 Å². The molecular formula is C16H23NO2. The van der Waals surface area contributed by atoms with E-state index in [4.69, 9.17) is 4.74 Å². The van der Waals surface area contributed by atoms with E-state index in [-0.39, 0.29) is 0 Å². The van der Waals surface area contributed by atoms with Crippen LogP contribution in [0.5, 0.6) is 5.75 Å². The highest BCUT2D eigenvalue weighted by Gasteiger charge is 2.28. The molecular weight excluding hydrogens is 238 g/mol. The summed E-state index contributed by atoms with van der Waals surface area (Å²) in [6, 6.07) is 6.85. The highest BCUT2D eigenvalue weighted by molar-refractivity contribution is 5.38. The Bertz CT molecular complexity index is 446. The number of phenolic OH excluding ortho intramolecular Hbond substituents is 1. The molecule has 2 N–H and O–H groups in total. The second-order valence-electron chi connectivity index (χ2n) is 5.86. The third-order valence-electron chi connectivity index (χ3n) is 4.60. The predicted molar refractivity (Wildman–Crippen MR) is 75.4 cm³/mol. The quantitative estimate of drug-likeness (QED) is 0.879. The maximum absolute atomic E-state index is 9.59. The number of aryl methyl sites for hydroxylation is 1. The Morgan fingerprint density at radius 3 is 2.95 bits per heavy atom. The van der Waals surface area contributed by atoms with Crippen molar-refractivity contribution >= 4 is 0 Å². The van der Waals surface area contributed by atoms with Crippen LogP contribution in [0.4, 0.5) is 0 Å². The van der Waals surface area contributed by atoms with Gasteiger partial charge in [0, 0.05) is 19.2 Å². The molecule has 3 heteroatoms. The average molecular weight is 261 g/mol. The molecule has 19 heavy (non-hydrogen) atoms. The fourth-order valence-corrected chi connectivity index (χ4v) is 3.56. The monoisotopic (exact) mass is 261 g/mol. The normalized spacial score (nSPS) is 30.3. The molecule has 1 aromatic rings. The first kappa shape index (κ1) is 12.9. The number of hydrogen-bond acceptors (Lipinski definition) is 3. The summed E-state index contributed by atoms with van der Waals surface area (Å²) >= 11 is 0. The van der Waals surface area contributed by atoms with E-state index in [2.05, 4.69) is 11.4 Å². The van der Waals surface area contributed by atoms with E-state index in [1.165, 1.54) is 36.8 Å². The summed E-state index contributed by atoms with van der Waals surface area (Å²) in [4.78, 5) is 0. The van der Waals surface area contributed by atoms with Gasteiger partial charge in [0.15, 0.2) is 0 Å². The molecule has 3 nitrogen and oxygen atoms in total. The van der Waals surface area contributed by atoms with Crippen molar-refractivity contribution in [1.82, 2.24) is 5.32 Å². The Labute approximate surface area is 115 Å². The number of nitrogens with one attached hydrogen (secondary N) is 1. The summed E-state index contributed by atoms with van der Waals surface area (Å²) in [7, 11) is 1.81. The Hall–Kier alpha value is -1.06. The molecule has 1 saturated carbocycles. The lowest BCUT2D eigenvalue weighted by atomic mass is 9.87. The summed E-state index contributed by atoms with van der Waals surface area (Å²) in [5.74, 6) is 0.389. The van der Waals surface area contributed by atoms with Gasteiger partial charge in [-0.05, 0) is 61.8 Å². The first-order valence-electron chi connectivity index (χ1n) is 7.37. The van der Waals surface area contributed by atoms with Gasteiger partial charge >= 0.3 is 0 Å². The van der Waals surface area contributed by atoms with Crippen molar-refractivity contribution < 1.29 is 9.84 Å². The van der Waals surface area contributed by atoms with E-state index in [0.717, 1.165) is 12.8 Å². The lowest BCUT2D eigenvalue weighted by Crippen LogP contribution is -2.33. The molecule has 3 rings (SSSR count). The van der Waals surface area contributed by atoms with Crippen molar-refractivity contribution in [2.24, 2.45) is 0 Å². The highest BCUT2D eigenvalue weighted by Crippen LogP contribution is 2.34. The van der Waals surface area contributed by atoms with E-state index in [0.29, 0.717) is 23.9 Å². The zero-order valence-corrected chi connectivity index (χ0v) is 11.6. The van der Waals surface area contributed by atoms with Crippen LogP contribution in [-0.2, 0) is 11.2 Å². The van der Waals surface area contributed by atoms with Crippen LogP contribution in [0.25, 0.3) is 0 Å². The van der Waals surface area contributed by atoms with Gasteiger partial charge in [0.25, 0.3) is 0 Å². The van der Waals surface area contributed by atoms with E-state index in [9.17, 15) is 5.11 Å². The molecule has 0 spiro atoms. The Balaban J connectivity index is 1.70. The molecule has 0 amide bonds. The van der Waals surface area contributed by atoms with Crippen molar-refractivity contribution in [1.29, 1.82) is 0 Å². The van der Waals surface area contributed by atoms with Gasteiger partial charge in [0.2, 0.25) is 0 Å². The van der Waals surface area contributed by atoms with Crippen LogP contribution >= 0.6 is 0 Å². The zero-order valence-electron chi connectivity index (χ0n) is 11.6.